The van der Waals surface area contributed by atoms with E-state index in [1.807, 2.05) is 0 Å². The highest BCUT2D eigenvalue weighted by molar-refractivity contribution is 5.94. The smallest absolute Gasteiger partial charge is 0.245 e. The quantitative estimate of drug-likeness (QED) is 0.640. The van der Waals surface area contributed by atoms with Crippen molar-refractivity contribution in [1.82, 2.24) is 10.2 Å². The molecular weight excluding hydrogens is 168 g/mol. The first kappa shape index (κ1) is 8.53. The van der Waals surface area contributed by atoms with Gasteiger partial charge in [-0.05, 0) is 12.3 Å². The Hall–Kier alpha value is -1.06. The second kappa shape index (κ2) is 3.01. The molecule has 0 spiro atoms. The number of carbonyl (C=O) groups is 2. The Kier molecular flexibility index (Phi) is 1.98. The van der Waals surface area contributed by atoms with Crippen LogP contribution in [0.2, 0.25) is 0 Å². The molecule has 1 N–H and O–H groups in total. The summed E-state index contributed by atoms with van der Waals surface area (Å²) in [6, 6.07) is -0.251. The van der Waals surface area contributed by atoms with E-state index in [0.29, 0.717) is 5.92 Å². The van der Waals surface area contributed by atoms with Gasteiger partial charge in [-0.25, -0.2) is 0 Å². The molecule has 1 aliphatic heterocycles. The molecule has 4 heteroatoms. The van der Waals surface area contributed by atoms with Crippen LogP contribution in [0, 0.1) is 5.92 Å². The fourth-order valence-electron chi connectivity index (χ4n) is 1.71. The van der Waals surface area contributed by atoms with Crippen LogP contribution in [0.3, 0.4) is 0 Å². The van der Waals surface area contributed by atoms with E-state index in [-0.39, 0.29) is 24.4 Å². The van der Waals surface area contributed by atoms with E-state index < -0.39 is 0 Å². The molecule has 0 aromatic rings. The van der Waals surface area contributed by atoms with Crippen molar-refractivity contribution in [2.24, 2.45) is 5.92 Å². The Bertz CT molecular complexity index is 248. The molecule has 0 aromatic carbocycles. The van der Waals surface area contributed by atoms with E-state index in [4.69, 9.17) is 0 Å². The third-order valence-corrected chi connectivity index (χ3v) is 2.66. The summed E-state index contributed by atoms with van der Waals surface area (Å²) in [4.78, 5) is 24.2. The summed E-state index contributed by atoms with van der Waals surface area (Å²) in [6.07, 6.45) is 3.25. The number of amides is 2. The topological polar surface area (TPSA) is 49.4 Å². The first-order valence-corrected chi connectivity index (χ1v) is 4.71. The summed E-state index contributed by atoms with van der Waals surface area (Å²) in [6.45, 7) is 0.208. The van der Waals surface area contributed by atoms with Crippen LogP contribution in [-0.2, 0) is 9.59 Å². The van der Waals surface area contributed by atoms with Crippen molar-refractivity contribution in [1.29, 1.82) is 0 Å². The molecule has 2 rings (SSSR count). The minimum absolute atomic E-state index is 0.0345. The zero-order chi connectivity index (χ0) is 9.42. The molecule has 2 aliphatic rings. The van der Waals surface area contributed by atoms with Crippen molar-refractivity contribution in [2.45, 2.75) is 25.3 Å². The molecule has 0 aromatic heterocycles. The van der Waals surface area contributed by atoms with Crippen LogP contribution in [0.25, 0.3) is 0 Å². The van der Waals surface area contributed by atoms with Gasteiger partial charge in [0.1, 0.15) is 6.04 Å². The lowest BCUT2D eigenvalue weighted by molar-refractivity contribution is -0.143. The van der Waals surface area contributed by atoms with Crippen molar-refractivity contribution in [2.75, 3.05) is 13.6 Å². The maximum atomic E-state index is 11.5. The molecule has 1 aliphatic carbocycles. The largest absolute Gasteiger partial charge is 0.343 e. The molecular formula is C9H14N2O2. The van der Waals surface area contributed by atoms with Crippen LogP contribution in [0.4, 0.5) is 0 Å². The highest BCUT2D eigenvalue weighted by Crippen LogP contribution is 2.34. The number of rotatable bonds is 2. The predicted molar refractivity (Wildman–Crippen MR) is 46.9 cm³/mol. The average Bonchev–Trinajstić information content (AvgIpc) is 2.83. The van der Waals surface area contributed by atoms with Crippen molar-refractivity contribution >= 4 is 11.8 Å². The highest BCUT2D eigenvalue weighted by atomic mass is 16.2. The van der Waals surface area contributed by atoms with Crippen LogP contribution >= 0.6 is 0 Å². The predicted octanol–water partition coefficient (Wildman–Crippen LogP) is -0.257. The summed E-state index contributed by atoms with van der Waals surface area (Å²) in [7, 11) is 1.68. The highest BCUT2D eigenvalue weighted by Gasteiger charge is 2.35. The van der Waals surface area contributed by atoms with Crippen molar-refractivity contribution in [3.05, 3.63) is 0 Å². The normalized spacial score (nSPS) is 29.0. The minimum atomic E-state index is -0.251. The number of hydrogen-bond donors (Lipinski definition) is 1. The van der Waals surface area contributed by atoms with Gasteiger partial charge in [0, 0.05) is 7.05 Å². The maximum absolute atomic E-state index is 11.5. The van der Waals surface area contributed by atoms with E-state index in [0.717, 1.165) is 6.42 Å². The van der Waals surface area contributed by atoms with Gasteiger partial charge in [-0.15, -0.1) is 0 Å². The third-order valence-electron chi connectivity index (χ3n) is 2.66. The standard InChI is InChI=1S/C9H14N2O2/c1-11-5-8(12)10-7(9(11)13)4-6-2-3-6/h6-7H,2-5H2,1H3,(H,10,12). The van der Waals surface area contributed by atoms with E-state index in [1.165, 1.54) is 17.7 Å². The van der Waals surface area contributed by atoms with Crippen LogP contribution in [-0.4, -0.2) is 36.3 Å². The first-order valence-electron chi connectivity index (χ1n) is 4.71. The summed E-state index contributed by atoms with van der Waals surface area (Å²) in [5.41, 5.74) is 0. The second-order valence-electron chi connectivity index (χ2n) is 3.99. The molecule has 13 heavy (non-hydrogen) atoms. The minimum Gasteiger partial charge on any atom is -0.343 e. The maximum Gasteiger partial charge on any atom is 0.245 e. The summed E-state index contributed by atoms with van der Waals surface area (Å²) < 4.78 is 0. The van der Waals surface area contributed by atoms with Gasteiger partial charge in [0.15, 0.2) is 0 Å². The number of carbonyl (C=O) groups excluding carboxylic acids is 2. The number of piperazine rings is 1. The molecule has 0 radical (unpaired) electrons. The molecule has 1 saturated heterocycles. The summed E-state index contributed by atoms with van der Waals surface area (Å²) >= 11 is 0. The molecule has 0 bridgehead atoms. The molecule has 2 amide bonds. The molecule has 1 heterocycles. The molecule has 72 valence electrons. The number of nitrogens with zero attached hydrogens (tertiary/aromatic N) is 1. The second-order valence-corrected chi connectivity index (χ2v) is 3.99. The fraction of sp³-hybridized carbons (Fsp3) is 0.778. The molecule has 1 unspecified atom stereocenters. The zero-order valence-electron chi connectivity index (χ0n) is 7.75. The Morgan fingerprint density at radius 2 is 2.15 bits per heavy atom. The number of nitrogens with one attached hydrogen (secondary N) is 1. The van der Waals surface area contributed by atoms with Gasteiger partial charge in [-0.3, -0.25) is 9.59 Å². The number of likely N-dealkylation sites (N-methyl/N-ethyl adjacent to an activating group) is 1. The average molecular weight is 182 g/mol. The van der Waals surface area contributed by atoms with Crippen molar-refractivity contribution < 1.29 is 9.59 Å². The lowest BCUT2D eigenvalue weighted by Crippen LogP contribution is -2.56. The van der Waals surface area contributed by atoms with Crippen molar-refractivity contribution in [3.63, 3.8) is 0 Å². The summed E-state index contributed by atoms with van der Waals surface area (Å²) in [5.74, 6) is 0.694. The van der Waals surface area contributed by atoms with Gasteiger partial charge in [0.05, 0.1) is 6.54 Å². The van der Waals surface area contributed by atoms with E-state index in [9.17, 15) is 9.59 Å². The van der Waals surface area contributed by atoms with Crippen LogP contribution < -0.4 is 5.32 Å². The Balaban J connectivity index is 1.97. The van der Waals surface area contributed by atoms with Gasteiger partial charge >= 0.3 is 0 Å². The molecule has 2 fully saturated rings. The monoisotopic (exact) mass is 182 g/mol. The van der Waals surface area contributed by atoms with Crippen molar-refractivity contribution in [3.8, 4) is 0 Å². The van der Waals surface area contributed by atoms with Gasteiger partial charge in [-0.1, -0.05) is 12.8 Å². The lowest BCUT2D eigenvalue weighted by atomic mass is 10.1. The lowest BCUT2D eigenvalue weighted by Gasteiger charge is -2.29. The van der Waals surface area contributed by atoms with E-state index >= 15 is 0 Å². The number of hydrogen-bond acceptors (Lipinski definition) is 2. The Morgan fingerprint density at radius 1 is 1.46 bits per heavy atom. The van der Waals surface area contributed by atoms with Gasteiger partial charge in [-0.2, -0.15) is 0 Å². The fourth-order valence-corrected chi connectivity index (χ4v) is 1.71. The Labute approximate surface area is 77.3 Å². The molecule has 4 nitrogen and oxygen atoms in total. The molecule has 1 saturated carbocycles. The molecule has 1 atom stereocenters. The van der Waals surface area contributed by atoms with E-state index in [2.05, 4.69) is 5.32 Å². The van der Waals surface area contributed by atoms with Crippen LogP contribution in [0.5, 0.6) is 0 Å². The Morgan fingerprint density at radius 3 is 2.77 bits per heavy atom. The first-order chi connectivity index (χ1) is 6.16. The van der Waals surface area contributed by atoms with E-state index in [1.54, 1.807) is 7.05 Å². The van der Waals surface area contributed by atoms with Gasteiger partial charge in [0.2, 0.25) is 11.8 Å². The summed E-state index contributed by atoms with van der Waals surface area (Å²) in [5, 5.41) is 2.74. The van der Waals surface area contributed by atoms with Crippen LogP contribution in [0.15, 0.2) is 0 Å². The van der Waals surface area contributed by atoms with Gasteiger partial charge in [0.25, 0.3) is 0 Å². The zero-order valence-corrected chi connectivity index (χ0v) is 7.75. The SMILES string of the molecule is CN1CC(=O)NC(CC2CC2)C1=O. The third kappa shape index (κ3) is 1.82. The van der Waals surface area contributed by atoms with Gasteiger partial charge < -0.3 is 10.2 Å². The van der Waals surface area contributed by atoms with Crippen LogP contribution in [0.1, 0.15) is 19.3 Å².